The zero-order chi connectivity index (χ0) is 12.8. The van der Waals surface area contributed by atoms with Crippen LogP contribution in [0.4, 0.5) is 0 Å². The van der Waals surface area contributed by atoms with Gasteiger partial charge in [-0.05, 0) is 19.1 Å². The van der Waals surface area contributed by atoms with E-state index in [1.807, 2.05) is 41.8 Å². The van der Waals surface area contributed by atoms with Gasteiger partial charge in [-0.3, -0.25) is 4.57 Å². The molecular formula is C13H10N6. The first-order valence-corrected chi connectivity index (χ1v) is 5.93. The van der Waals surface area contributed by atoms with Crippen LogP contribution in [0.25, 0.3) is 22.6 Å². The number of imidazole rings is 1. The second kappa shape index (κ2) is 3.61. The van der Waals surface area contributed by atoms with Gasteiger partial charge in [-0.25, -0.2) is 9.97 Å². The Morgan fingerprint density at radius 3 is 2.95 bits per heavy atom. The third-order valence-electron chi connectivity index (χ3n) is 3.06. The van der Waals surface area contributed by atoms with Gasteiger partial charge < -0.3 is 0 Å². The predicted molar refractivity (Wildman–Crippen MR) is 70.1 cm³/mol. The monoisotopic (exact) mass is 250 g/mol. The lowest BCUT2D eigenvalue weighted by Gasteiger charge is -2.06. The summed E-state index contributed by atoms with van der Waals surface area (Å²) in [5, 5.41) is 4.22. The molecule has 0 aliphatic rings. The molecule has 0 saturated heterocycles. The minimum atomic E-state index is 0.591. The summed E-state index contributed by atoms with van der Waals surface area (Å²) in [6, 6.07) is 9.95. The van der Waals surface area contributed by atoms with E-state index in [0.29, 0.717) is 5.78 Å². The Hall–Kier alpha value is -2.76. The van der Waals surface area contributed by atoms with Gasteiger partial charge in [0.25, 0.3) is 5.78 Å². The Bertz CT molecular complexity index is 888. The normalized spacial score (nSPS) is 11.4. The number of nitrogens with zero attached hydrogens (tertiary/aromatic N) is 6. The Morgan fingerprint density at radius 2 is 2.00 bits per heavy atom. The van der Waals surface area contributed by atoms with Crippen molar-refractivity contribution < 1.29 is 0 Å². The SMILES string of the molecule is Cc1cc(-n2cnc3ccccc32)n2ncnc2n1. The molecule has 0 unspecified atom stereocenters. The molecule has 0 radical (unpaired) electrons. The maximum Gasteiger partial charge on any atom is 0.254 e. The minimum Gasteiger partial charge on any atom is -0.283 e. The number of hydrogen-bond acceptors (Lipinski definition) is 4. The van der Waals surface area contributed by atoms with E-state index in [9.17, 15) is 0 Å². The molecule has 6 nitrogen and oxygen atoms in total. The molecule has 0 saturated carbocycles. The van der Waals surface area contributed by atoms with Gasteiger partial charge in [-0.15, -0.1) is 0 Å². The third-order valence-corrected chi connectivity index (χ3v) is 3.06. The number of hydrogen-bond donors (Lipinski definition) is 0. The highest BCUT2D eigenvalue weighted by Crippen LogP contribution is 2.18. The third kappa shape index (κ3) is 1.43. The fourth-order valence-corrected chi connectivity index (χ4v) is 2.22. The fraction of sp³-hybridized carbons (Fsp3) is 0.0769. The van der Waals surface area contributed by atoms with Gasteiger partial charge in [0.2, 0.25) is 0 Å². The number of benzene rings is 1. The highest BCUT2D eigenvalue weighted by Gasteiger charge is 2.10. The summed E-state index contributed by atoms with van der Waals surface area (Å²) in [5.41, 5.74) is 2.88. The van der Waals surface area contributed by atoms with Crippen LogP contribution in [0.3, 0.4) is 0 Å². The molecule has 4 aromatic rings. The molecular weight excluding hydrogens is 240 g/mol. The Morgan fingerprint density at radius 1 is 1.11 bits per heavy atom. The van der Waals surface area contributed by atoms with Crippen molar-refractivity contribution in [2.75, 3.05) is 0 Å². The first kappa shape index (κ1) is 10.2. The van der Waals surface area contributed by atoms with Crippen LogP contribution in [-0.2, 0) is 0 Å². The molecule has 0 aliphatic carbocycles. The Balaban J connectivity index is 2.11. The van der Waals surface area contributed by atoms with Crippen LogP contribution in [0.1, 0.15) is 5.69 Å². The largest absolute Gasteiger partial charge is 0.283 e. The van der Waals surface area contributed by atoms with Crippen LogP contribution in [0, 0.1) is 6.92 Å². The average molecular weight is 250 g/mol. The Labute approximate surface area is 108 Å². The molecule has 0 N–H and O–H groups in total. The average Bonchev–Trinajstić information content (AvgIpc) is 3.03. The predicted octanol–water partition coefficient (Wildman–Crippen LogP) is 1.77. The summed E-state index contributed by atoms with van der Waals surface area (Å²) in [7, 11) is 0. The molecule has 19 heavy (non-hydrogen) atoms. The van der Waals surface area contributed by atoms with E-state index in [1.165, 1.54) is 6.33 Å². The Kier molecular flexibility index (Phi) is 1.94. The van der Waals surface area contributed by atoms with Crippen molar-refractivity contribution in [1.82, 2.24) is 29.1 Å². The van der Waals surface area contributed by atoms with Gasteiger partial charge in [0.15, 0.2) is 0 Å². The summed E-state index contributed by atoms with van der Waals surface area (Å²) in [4.78, 5) is 12.9. The molecule has 0 bridgehead atoms. The lowest BCUT2D eigenvalue weighted by atomic mass is 10.3. The molecule has 3 aromatic heterocycles. The van der Waals surface area contributed by atoms with Crippen molar-refractivity contribution in [3.8, 4) is 5.82 Å². The smallest absolute Gasteiger partial charge is 0.254 e. The van der Waals surface area contributed by atoms with Gasteiger partial charge in [0, 0.05) is 11.8 Å². The zero-order valence-electron chi connectivity index (χ0n) is 10.2. The highest BCUT2D eigenvalue weighted by atomic mass is 15.4. The van der Waals surface area contributed by atoms with Crippen molar-refractivity contribution in [2.45, 2.75) is 6.92 Å². The van der Waals surface area contributed by atoms with Crippen molar-refractivity contribution >= 4 is 16.8 Å². The number of aromatic nitrogens is 6. The van der Waals surface area contributed by atoms with Crippen LogP contribution >= 0.6 is 0 Å². The number of rotatable bonds is 1. The number of para-hydroxylation sites is 2. The molecule has 92 valence electrons. The minimum absolute atomic E-state index is 0.591. The van der Waals surface area contributed by atoms with Crippen molar-refractivity contribution in [2.24, 2.45) is 0 Å². The second-order valence-corrected chi connectivity index (χ2v) is 4.33. The zero-order valence-corrected chi connectivity index (χ0v) is 10.2. The lowest BCUT2D eigenvalue weighted by Crippen LogP contribution is -2.05. The van der Waals surface area contributed by atoms with Crippen molar-refractivity contribution in [1.29, 1.82) is 0 Å². The standard InChI is InChI=1S/C13H10N6/c1-9-6-12(19-13(17-9)14-7-16-19)18-8-15-10-4-2-3-5-11(10)18/h2-8H,1H3. The topological polar surface area (TPSA) is 60.9 Å². The van der Waals surface area contributed by atoms with Crippen LogP contribution in [0.15, 0.2) is 43.0 Å². The lowest BCUT2D eigenvalue weighted by molar-refractivity contribution is 0.857. The molecule has 0 atom stereocenters. The molecule has 0 spiro atoms. The van der Waals surface area contributed by atoms with E-state index in [-0.39, 0.29) is 0 Å². The molecule has 4 rings (SSSR count). The molecule has 6 heteroatoms. The van der Waals surface area contributed by atoms with Crippen LogP contribution in [0.5, 0.6) is 0 Å². The molecule has 0 fully saturated rings. The van der Waals surface area contributed by atoms with Gasteiger partial charge in [0.05, 0.1) is 11.0 Å². The summed E-state index contributed by atoms with van der Waals surface area (Å²) in [5.74, 6) is 1.47. The number of fused-ring (bicyclic) bond motifs is 2. The van der Waals surface area contributed by atoms with Gasteiger partial charge in [-0.1, -0.05) is 12.1 Å². The quantitative estimate of drug-likeness (QED) is 0.516. The first-order valence-electron chi connectivity index (χ1n) is 5.93. The van der Waals surface area contributed by atoms with Crippen LogP contribution in [0.2, 0.25) is 0 Å². The van der Waals surface area contributed by atoms with E-state index >= 15 is 0 Å². The van der Waals surface area contributed by atoms with E-state index in [4.69, 9.17) is 0 Å². The van der Waals surface area contributed by atoms with E-state index < -0.39 is 0 Å². The first-order chi connectivity index (χ1) is 9.33. The van der Waals surface area contributed by atoms with Gasteiger partial charge in [-0.2, -0.15) is 14.6 Å². The summed E-state index contributed by atoms with van der Waals surface area (Å²) in [6.07, 6.45) is 3.30. The second-order valence-electron chi connectivity index (χ2n) is 4.33. The van der Waals surface area contributed by atoms with E-state index in [1.54, 1.807) is 10.8 Å². The highest BCUT2D eigenvalue weighted by molar-refractivity contribution is 5.76. The van der Waals surface area contributed by atoms with Gasteiger partial charge >= 0.3 is 0 Å². The molecule has 3 heterocycles. The van der Waals surface area contributed by atoms with Gasteiger partial charge in [0.1, 0.15) is 18.5 Å². The van der Waals surface area contributed by atoms with Crippen molar-refractivity contribution in [3.05, 3.63) is 48.7 Å². The number of aryl methyl sites for hydroxylation is 1. The summed E-state index contributed by atoms with van der Waals surface area (Å²) >= 11 is 0. The summed E-state index contributed by atoms with van der Waals surface area (Å²) < 4.78 is 3.70. The maximum absolute atomic E-state index is 4.40. The van der Waals surface area contributed by atoms with Crippen molar-refractivity contribution in [3.63, 3.8) is 0 Å². The summed E-state index contributed by atoms with van der Waals surface area (Å²) in [6.45, 7) is 1.94. The van der Waals surface area contributed by atoms with Crippen LogP contribution < -0.4 is 0 Å². The molecule has 0 amide bonds. The van der Waals surface area contributed by atoms with E-state index in [2.05, 4.69) is 20.1 Å². The maximum atomic E-state index is 4.40. The molecule has 1 aromatic carbocycles. The van der Waals surface area contributed by atoms with E-state index in [0.717, 1.165) is 22.5 Å². The van der Waals surface area contributed by atoms with Crippen LogP contribution in [-0.4, -0.2) is 29.1 Å². The fourth-order valence-electron chi connectivity index (χ4n) is 2.22. The molecule has 0 aliphatic heterocycles.